The lowest BCUT2D eigenvalue weighted by molar-refractivity contribution is 0.0776. The van der Waals surface area contributed by atoms with E-state index in [1.165, 1.54) is 17.4 Å². The van der Waals surface area contributed by atoms with Gasteiger partial charge in [-0.15, -0.1) is 21.5 Å². The first-order chi connectivity index (χ1) is 21.8. The number of benzene rings is 1. The van der Waals surface area contributed by atoms with Gasteiger partial charge in [0.1, 0.15) is 0 Å². The van der Waals surface area contributed by atoms with Crippen molar-refractivity contribution in [3.05, 3.63) is 105 Å². The Balaban J connectivity index is 1.31. The van der Waals surface area contributed by atoms with Crippen molar-refractivity contribution in [3.63, 3.8) is 0 Å². The van der Waals surface area contributed by atoms with E-state index in [-0.39, 0.29) is 30.3 Å². The standard InChI is InChI=1S/C33H28F2N6O3S/c1-17-5-7-20(36-15-17)8-10-23-27(32-40-39-18(2)44-32)28(29-30(38-23)24-4-3-13-41(24)33(29)43)25-11-12-26(45-25)31(42)37-16-19-6-9-21(34)22(35)14-19/h5-7,9,11-12,14-15,24H,3-4,8,10,13,16H2,1-2H3,(H,37,42)/t24-/m1/s1. The van der Waals surface area contributed by atoms with Gasteiger partial charge in [-0.1, -0.05) is 12.1 Å². The number of aryl methyl sites for hydroxylation is 4. The molecule has 9 nitrogen and oxygen atoms in total. The molecule has 0 radical (unpaired) electrons. The number of thiophene rings is 1. The summed E-state index contributed by atoms with van der Waals surface area (Å²) in [6.45, 7) is 4.37. The summed E-state index contributed by atoms with van der Waals surface area (Å²) in [5, 5.41) is 11.2. The van der Waals surface area contributed by atoms with E-state index in [2.05, 4.69) is 20.5 Å². The predicted octanol–water partition coefficient (Wildman–Crippen LogP) is 6.16. The molecule has 45 heavy (non-hydrogen) atoms. The smallest absolute Gasteiger partial charge is 0.261 e. The van der Waals surface area contributed by atoms with E-state index in [0.717, 1.165) is 41.9 Å². The summed E-state index contributed by atoms with van der Waals surface area (Å²) in [6, 6.07) is 10.9. The van der Waals surface area contributed by atoms with Crippen molar-refractivity contribution in [2.24, 2.45) is 0 Å². The van der Waals surface area contributed by atoms with Gasteiger partial charge in [-0.05, 0) is 74.1 Å². The Labute approximate surface area is 261 Å². The van der Waals surface area contributed by atoms with E-state index in [1.54, 1.807) is 13.0 Å². The number of carbonyl (C=O) groups is 2. The van der Waals surface area contributed by atoms with Crippen LogP contribution >= 0.6 is 11.3 Å². The third-order valence-electron chi connectivity index (χ3n) is 8.19. The van der Waals surface area contributed by atoms with Crippen LogP contribution in [0.1, 0.15) is 73.0 Å². The molecule has 1 atom stereocenters. The third kappa shape index (κ3) is 5.39. The fourth-order valence-electron chi connectivity index (χ4n) is 6.01. The van der Waals surface area contributed by atoms with Gasteiger partial charge in [-0.2, -0.15) is 0 Å². The third-order valence-corrected chi connectivity index (χ3v) is 9.29. The summed E-state index contributed by atoms with van der Waals surface area (Å²) in [4.78, 5) is 39.7. The monoisotopic (exact) mass is 626 g/mol. The van der Waals surface area contributed by atoms with Crippen molar-refractivity contribution in [1.82, 2.24) is 30.4 Å². The Morgan fingerprint density at radius 1 is 1.04 bits per heavy atom. The lowest BCUT2D eigenvalue weighted by atomic mass is 9.93. The number of amides is 2. The average molecular weight is 627 g/mol. The average Bonchev–Trinajstić information content (AvgIpc) is 3.84. The van der Waals surface area contributed by atoms with Crippen LogP contribution in [0.25, 0.3) is 21.9 Å². The van der Waals surface area contributed by atoms with Gasteiger partial charge in [-0.25, -0.2) is 8.78 Å². The van der Waals surface area contributed by atoms with E-state index < -0.39 is 11.6 Å². The fourth-order valence-corrected chi connectivity index (χ4v) is 6.99. The first-order valence-electron chi connectivity index (χ1n) is 14.7. The Morgan fingerprint density at radius 2 is 1.91 bits per heavy atom. The van der Waals surface area contributed by atoms with Crippen LogP contribution in [0.2, 0.25) is 0 Å². The highest BCUT2D eigenvalue weighted by Gasteiger charge is 2.44. The van der Waals surface area contributed by atoms with Gasteiger partial charge >= 0.3 is 0 Å². The maximum Gasteiger partial charge on any atom is 0.261 e. The van der Waals surface area contributed by atoms with E-state index in [4.69, 9.17) is 9.40 Å². The molecule has 1 fully saturated rings. The minimum absolute atomic E-state index is 0.0206. The Morgan fingerprint density at radius 3 is 2.67 bits per heavy atom. The molecule has 12 heteroatoms. The minimum atomic E-state index is -0.977. The van der Waals surface area contributed by atoms with E-state index in [1.807, 2.05) is 36.2 Å². The maximum atomic E-state index is 13.9. The number of hydrogen-bond acceptors (Lipinski definition) is 8. The van der Waals surface area contributed by atoms with Crippen molar-refractivity contribution in [1.29, 1.82) is 0 Å². The van der Waals surface area contributed by atoms with Crippen molar-refractivity contribution >= 4 is 23.2 Å². The fraction of sp³-hybridized carbons (Fsp3) is 0.273. The molecule has 2 aliphatic heterocycles. The number of carbonyl (C=O) groups excluding carboxylic acids is 2. The minimum Gasteiger partial charge on any atom is -0.421 e. The second-order valence-electron chi connectivity index (χ2n) is 11.3. The predicted molar refractivity (Wildman–Crippen MR) is 163 cm³/mol. The molecule has 2 aliphatic rings. The molecule has 5 aromatic rings. The summed E-state index contributed by atoms with van der Waals surface area (Å²) < 4.78 is 33.0. The van der Waals surface area contributed by atoms with Crippen LogP contribution in [0, 0.1) is 25.5 Å². The molecule has 228 valence electrons. The molecule has 0 bridgehead atoms. The second-order valence-corrected chi connectivity index (χ2v) is 12.4. The van der Waals surface area contributed by atoms with Gasteiger partial charge in [0.15, 0.2) is 11.6 Å². The molecule has 6 heterocycles. The summed E-state index contributed by atoms with van der Waals surface area (Å²) in [5.74, 6) is -1.78. The number of hydrogen-bond donors (Lipinski definition) is 1. The lowest BCUT2D eigenvalue weighted by Crippen LogP contribution is -2.23. The van der Waals surface area contributed by atoms with Crippen molar-refractivity contribution in [2.45, 2.75) is 52.1 Å². The second kappa shape index (κ2) is 11.6. The van der Waals surface area contributed by atoms with Crippen LogP contribution in [0.5, 0.6) is 0 Å². The van der Waals surface area contributed by atoms with Crippen LogP contribution in [-0.2, 0) is 19.4 Å². The molecule has 1 N–H and O–H groups in total. The first kappa shape index (κ1) is 28.9. The molecular formula is C33H28F2N6O3S. The van der Waals surface area contributed by atoms with Crippen LogP contribution in [-0.4, -0.2) is 43.4 Å². The van der Waals surface area contributed by atoms with E-state index in [9.17, 15) is 18.4 Å². The highest BCUT2D eigenvalue weighted by atomic mass is 32.1. The van der Waals surface area contributed by atoms with Crippen LogP contribution in [0.4, 0.5) is 8.78 Å². The topological polar surface area (TPSA) is 114 Å². The number of halogens is 2. The first-order valence-corrected chi connectivity index (χ1v) is 15.5. The summed E-state index contributed by atoms with van der Waals surface area (Å²) in [7, 11) is 0. The number of fused-ring (bicyclic) bond motifs is 3. The number of aromatic nitrogens is 4. The van der Waals surface area contributed by atoms with Crippen LogP contribution in [0.15, 0.2) is 53.1 Å². The number of pyridine rings is 2. The molecule has 1 saturated heterocycles. The SMILES string of the molecule is Cc1ccc(CCc2nc3c(c(-c4ccc(C(=O)NCc5ccc(F)c(F)c5)s4)c2-c2nnc(C)o2)C(=O)N2CCC[C@H]32)nc1. The largest absolute Gasteiger partial charge is 0.421 e. The van der Waals surface area contributed by atoms with Crippen molar-refractivity contribution in [2.75, 3.05) is 6.54 Å². The molecular weight excluding hydrogens is 598 g/mol. The molecule has 0 saturated carbocycles. The van der Waals surface area contributed by atoms with E-state index >= 15 is 0 Å². The highest BCUT2D eigenvalue weighted by molar-refractivity contribution is 7.17. The van der Waals surface area contributed by atoms with Crippen molar-refractivity contribution < 1.29 is 22.8 Å². The zero-order valence-corrected chi connectivity index (χ0v) is 25.4. The molecule has 0 aliphatic carbocycles. The highest BCUT2D eigenvalue weighted by Crippen LogP contribution is 2.49. The summed E-state index contributed by atoms with van der Waals surface area (Å²) >= 11 is 1.22. The maximum absolute atomic E-state index is 13.9. The molecule has 2 amide bonds. The normalized spacial score (nSPS) is 15.4. The van der Waals surface area contributed by atoms with Crippen LogP contribution < -0.4 is 5.32 Å². The number of nitrogens with zero attached hydrogens (tertiary/aromatic N) is 5. The quantitative estimate of drug-likeness (QED) is 0.220. The Bertz CT molecular complexity index is 1950. The van der Waals surface area contributed by atoms with Gasteiger partial charge in [0.05, 0.1) is 33.4 Å². The number of rotatable bonds is 8. The van der Waals surface area contributed by atoms with Gasteiger partial charge < -0.3 is 14.6 Å². The zero-order chi connectivity index (χ0) is 31.2. The Kier molecular flexibility index (Phi) is 7.44. The van der Waals surface area contributed by atoms with Gasteiger partial charge in [0, 0.05) is 42.3 Å². The number of nitrogens with one attached hydrogen (secondary N) is 1. The van der Waals surface area contributed by atoms with Gasteiger partial charge in [0.2, 0.25) is 11.8 Å². The van der Waals surface area contributed by atoms with Crippen molar-refractivity contribution in [3.8, 4) is 21.9 Å². The Hall–Kier alpha value is -4.84. The molecule has 7 rings (SSSR count). The zero-order valence-electron chi connectivity index (χ0n) is 24.6. The molecule has 4 aromatic heterocycles. The summed E-state index contributed by atoms with van der Waals surface area (Å²) in [6.07, 6.45) is 4.68. The molecule has 0 spiro atoms. The molecule has 0 unspecified atom stereocenters. The van der Waals surface area contributed by atoms with Crippen LogP contribution in [0.3, 0.4) is 0 Å². The molecule has 1 aromatic carbocycles. The van der Waals surface area contributed by atoms with Gasteiger partial charge in [0.25, 0.3) is 11.8 Å². The lowest BCUT2D eigenvalue weighted by Gasteiger charge is -2.16. The van der Waals surface area contributed by atoms with Gasteiger partial charge in [-0.3, -0.25) is 19.6 Å². The summed E-state index contributed by atoms with van der Waals surface area (Å²) in [5.41, 5.74) is 5.56. The van der Waals surface area contributed by atoms with E-state index in [0.29, 0.717) is 63.0 Å².